The van der Waals surface area contributed by atoms with Crippen molar-refractivity contribution < 1.29 is 14.3 Å². The molecular weight excluding hydrogens is 384 g/mol. The number of hydrogen-bond acceptors (Lipinski definition) is 3. The van der Waals surface area contributed by atoms with Gasteiger partial charge in [-0.25, -0.2) is 0 Å². The lowest BCUT2D eigenvalue weighted by Crippen LogP contribution is -2.29. The van der Waals surface area contributed by atoms with Crippen LogP contribution in [0.1, 0.15) is 102 Å². The van der Waals surface area contributed by atoms with Gasteiger partial charge in [0.15, 0.2) is 0 Å². The molecule has 3 saturated carbocycles. The molecule has 0 unspecified atom stereocenters. The largest absolute Gasteiger partial charge is 0.426 e. The van der Waals surface area contributed by atoms with Crippen LogP contribution < -0.4 is 4.74 Å². The zero-order valence-electron chi connectivity index (χ0n) is 19.7. The van der Waals surface area contributed by atoms with Gasteiger partial charge in [-0.05, 0) is 112 Å². The molecule has 3 heteroatoms. The average Bonchev–Trinajstić information content (AvgIpc) is 2.81. The molecule has 3 aliphatic rings. The zero-order valence-corrected chi connectivity index (χ0v) is 19.7. The van der Waals surface area contributed by atoms with Gasteiger partial charge in [0.25, 0.3) is 0 Å². The molecule has 3 fully saturated rings. The Balaban J connectivity index is 1.21. The Morgan fingerprint density at radius 3 is 1.97 bits per heavy atom. The summed E-state index contributed by atoms with van der Waals surface area (Å²) in [7, 11) is 0. The van der Waals surface area contributed by atoms with E-state index in [2.05, 4.69) is 26.0 Å². The van der Waals surface area contributed by atoms with Gasteiger partial charge in [0.1, 0.15) is 5.75 Å². The number of esters is 1. The number of hydrogen-bond donors (Lipinski definition) is 0. The van der Waals surface area contributed by atoms with Gasteiger partial charge in [0.05, 0.1) is 12.0 Å². The van der Waals surface area contributed by atoms with Crippen molar-refractivity contribution in [1.29, 1.82) is 0 Å². The van der Waals surface area contributed by atoms with E-state index in [-0.39, 0.29) is 11.9 Å². The van der Waals surface area contributed by atoms with E-state index >= 15 is 0 Å². The van der Waals surface area contributed by atoms with Crippen molar-refractivity contribution >= 4 is 5.97 Å². The van der Waals surface area contributed by atoms with Crippen molar-refractivity contribution in [2.75, 3.05) is 6.61 Å². The monoisotopic (exact) mass is 426 g/mol. The summed E-state index contributed by atoms with van der Waals surface area (Å²) in [6, 6.07) is 8.32. The van der Waals surface area contributed by atoms with Crippen LogP contribution in [0.5, 0.6) is 5.75 Å². The topological polar surface area (TPSA) is 35.5 Å². The zero-order chi connectivity index (χ0) is 21.6. The van der Waals surface area contributed by atoms with Crippen molar-refractivity contribution in [3.05, 3.63) is 29.8 Å². The van der Waals surface area contributed by atoms with E-state index in [4.69, 9.17) is 9.47 Å². The summed E-state index contributed by atoms with van der Waals surface area (Å²) >= 11 is 0. The highest BCUT2D eigenvalue weighted by molar-refractivity contribution is 5.75. The molecule has 3 aliphatic carbocycles. The maximum absolute atomic E-state index is 12.7. The Morgan fingerprint density at radius 2 is 1.39 bits per heavy atom. The van der Waals surface area contributed by atoms with Crippen LogP contribution in [0.15, 0.2) is 24.3 Å². The van der Waals surface area contributed by atoms with Gasteiger partial charge in [0.2, 0.25) is 0 Å². The maximum Gasteiger partial charge on any atom is 0.314 e. The molecule has 31 heavy (non-hydrogen) atoms. The summed E-state index contributed by atoms with van der Waals surface area (Å²) in [5.41, 5.74) is 1.37. The van der Waals surface area contributed by atoms with E-state index in [1.54, 1.807) is 0 Å². The molecule has 0 aliphatic heterocycles. The molecule has 4 rings (SSSR count). The average molecular weight is 427 g/mol. The summed E-state index contributed by atoms with van der Waals surface area (Å²) in [4.78, 5) is 12.7. The lowest BCUT2D eigenvalue weighted by molar-refractivity contribution is -0.140. The summed E-state index contributed by atoms with van der Waals surface area (Å²) in [6.45, 7) is 5.29. The standard InChI is InChI=1S/C28H42O3/c1-3-30-26-16-12-23(13-17-26)24-14-18-27(19-15-24)31-28(29)25-10-8-22(9-11-25)21-6-4-20(2)5-7-21/h14-15,18-23,25-26H,3-13,16-17H2,1-2H3. The highest BCUT2D eigenvalue weighted by atomic mass is 16.5. The minimum Gasteiger partial charge on any atom is -0.426 e. The highest BCUT2D eigenvalue weighted by Gasteiger charge is 2.33. The van der Waals surface area contributed by atoms with Crippen LogP contribution >= 0.6 is 0 Å². The number of benzene rings is 1. The van der Waals surface area contributed by atoms with E-state index in [9.17, 15) is 4.79 Å². The van der Waals surface area contributed by atoms with E-state index in [0.29, 0.717) is 17.8 Å². The fourth-order valence-electron chi connectivity index (χ4n) is 6.39. The highest BCUT2D eigenvalue weighted by Crippen LogP contribution is 2.41. The van der Waals surface area contributed by atoms with Crippen molar-refractivity contribution in [3.63, 3.8) is 0 Å². The lowest BCUT2D eigenvalue weighted by atomic mass is 9.69. The Bertz CT molecular complexity index is 673. The van der Waals surface area contributed by atoms with E-state index in [1.807, 2.05) is 12.1 Å². The molecule has 0 saturated heterocycles. The van der Waals surface area contributed by atoms with Crippen molar-refractivity contribution in [3.8, 4) is 5.75 Å². The molecular formula is C28H42O3. The summed E-state index contributed by atoms with van der Waals surface area (Å²) in [5.74, 6) is 4.06. The first-order chi connectivity index (χ1) is 15.1. The second-order valence-electron chi connectivity index (χ2n) is 10.6. The normalized spacial score (nSPS) is 34.3. The molecule has 1 aromatic carbocycles. The minimum atomic E-state index is -0.0133. The van der Waals surface area contributed by atoms with Crippen LogP contribution in [0.25, 0.3) is 0 Å². The van der Waals surface area contributed by atoms with Gasteiger partial charge in [-0.15, -0.1) is 0 Å². The third-order valence-corrected chi connectivity index (χ3v) is 8.48. The predicted octanol–water partition coefficient (Wildman–Crippen LogP) is 7.29. The van der Waals surface area contributed by atoms with Crippen molar-refractivity contribution in [1.82, 2.24) is 0 Å². The van der Waals surface area contributed by atoms with Gasteiger partial charge in [-0.2, -0.15) is 0 Å². The fraction of sp³-hybridized carbons (Fsp3) is 0.750. The molecule has 0 N–H and O–H groups in total. The third-order valence-electron chi connectivity index (χ3n) is 8.48. The number of ether oxygens (including phenoxy) is 2. The lowest BCUT2D eigenvalue weighted by Gasteiger charge is -2.36. The molecule has 0 spiro atoms. The van der Waals surface area contributed by atoms with Crippen LogP contribution in [-0.4, -0.2) is 18.7 Å². The second kappa shape index (κ2) is 11.0. The van der Waals surface area contributed by atoms with Crippen LogP contribution in [0.2, 0.25) is 0 Å². The van der Waals surface area contributed by atoms with E-state index in [1.165, 1.54) is 56.9 Å². The number of carbonyl (C=O) groups excluding carboxylic acids is 1. The summed E-state index contributed by atoms with van der Waals surface area (Å²) in [6.07, 6.45) is 15.2. The smallest absolute Gasteiger partial charge is 0.314 e. The molecule has 0 amide bonds. The van der Waals surface area contributed by atoms with Crippen LogP contribution in [0.3, 0.4) is 0 Å². The van der Waals surface area contributed by atoms with Crippen LogP contribution in [0, 0.1) is 23.7 Å². The maximum atomic E-state index is 12.7. The first-order valence-corrected chi connectivity index (χ1v) is 13.1. The molecule has 0 heterocycles. The van der Waals surface area contributed by atoms with Crippen molar-refractivity contribution in [2.45, 2.75) is 103 Å². The van der Waals surface area contributed by atoms with E-state index in [0.717, 1.165) is 50.0 Å². The van der Waals surface area contributed by atoms with E-state index < -0.39 is 0 Å². The van der Waals surface area contributed by atoms with Gasteiger partial charge < -0.3 is 9.47 Å². The molecule has 0 aromatic heterocycles. The summed E-state index contributed by atoms with van der Waals surface area (Å²) in [5, 5.41) is 0. The van der Waals surface area contributed by atoms with Gasteiger partial charge in [-0.3, -0.25) is 4.79 Å². The first-order valence-electron chi connectivity index (χ1n) is 13.1. The minimum absolute atomic E-state index is 0.0133. The third kappa shape index (κ3) is 6.12. The Morgan fingerprint density at radius 1 is 0.806 bits per heavy atom. The summed E-state index contributed by atoms with van der Waals surface area (Å²) < 4.78 is 11.6. The van der Waals surface area contributed by atoms with Crippen molar-refractivity contribution in [2.24, 2.45) is 23.7 Å². The molecule has 172 valence electrons. The Hall–Kier alpha value is -1.35. The number of carbonyl (C=O) groups is 1. The van der Waals surface area contributed by atoms with Gasteiger partial charge in [-0.1, -0.05) is 31.9 Å². The van der Waals surface area contributed by atoms with Gasteiger partial charge >= 0.3 is 5.97 Å². The fourth-order valence-corrected chi connectivity index (χ4v) is 6.39. The molecule has 0 atom stereocenters. The molecule has 1 aromatic rings. The number of rotatable bonds is 6. The Labute approximate surface area is 189 Å². The first kappa shape index (κ1) is 22.8. The van der Waals surface area contributed by atoms with Crippen LogP contribution in [0.4, 0.5) is 0 Å². The van der Waals surface area contributed by atoms with Crippen LogP contribution in [-0.2, 0) is 9.53 Å². The predicted molar refractivity (Wildman–Crippen MR) is 125 cm³/mol. The quantitative estimate of drug-likeness (QED) is 0.354. The molecule has 3 nitrogen and oxygen atoms in total. The SMILES string of the molecule is CCOC1CCC(c2ccc(OC(=O)C3CCC(C4CCC(C)CC4)CC3)cc2)CC1. The second-order valence-corrected chi connectivity index (χ2v) is 10.6. The molecule has 0 radical (unpaired) electrons. The van der Waals surface area contributed by atoms with Gasteiger partial charge in [0, 0.05) is 6.61 Å². The Kier molecular flexibility index (Phi) is 8.09. The molecule has 0 bridgehead atoms.